The summed E-state index contributed by atoms with van der Waals surface area (Å²) in [5.74, 6) is 0. The van der Waals surface area contributed by atoms with E-state index in [9.17, 15) is 0 Å². The highest BCUT2D eigenvalue weighted by Crippen LogP contribution is 2.20. The molecular formula is C10H8N4. The van der Waals surface area contributed by atoms with E-state index in [4.69, 9.17) is 0 Å². The second-order valence-electron chi connectivity index (χ2n) is 3.22. The molecule has 0 aliphatic heterocycles. The van der Waals surface area contributed by atoms with E-state index in [0.29, 0.717) is 0 Å². The SMILES string of the molecule is Cn1nc2ccc3cnccc3c2n1. The van der Waals surface area contributed by atoms with Gasteiger partial charge in [0.1, 0.15) is 11.0 Å². The second kappa shape index (κ2) is 2.51. The monoisotopic (exact) mass is 184 g/mol. The number of nitrogens with zero attached hydrogens (tertiary/aromatic N) is 4. The van der Waals surface area contributed by atoms with Crippen molar-refractivity contribution in [3.05, 3.63) is 30.6 Å². The Morgan fingerprint density at radius 2 is 2.07 bits per heavy atom. The van der Waals surface area contributed by atoms with Crippen LogP contribution in [0.3, 0.4) is 0 Å². The smallest absolute Gasteiger partial charge is 0.121 e. The Kier molecular flexibility index (Phi) is 1.33. The molecule has 0 saturated heterocycles. The van der Waals surface area contributed by atoms with Crippen LogP contribution in [0.25, 0.3) is 21.8 Å². The zero-order chi connectivity index (χ0) is 9.54. The lowest BCUT2D eigenvalue weighted by atomic mass is 10.1. The minimum Gasteiger partial charge on any atom is -0.264 e. The molecule has 14 heavy (non-hydrogen) atoms. The van der Waals surface area contributed by atoms with Crippen molar-refractivity contribution in [2.24, 2.45) is 7.05 Å². The molecule has 0 radical (unpaired) electrons. The maximum atomic E-state index is 4.32. The molecule has 0 spiro atoms. The topological polar surface area (TPSA) is 43.6 Å². The van der Waals surface area contributed by atoms with Gasteiger partial charge in [-0.3, -0.25) is 4.98 Å². The highest BCUT2D eigenvalue weighted by molar-refractivity contribution is 6.03. The van der Waals surface area contributed by atoms with Gasteiger partial charge in [-0.1, -0.05) is 6.07 Å². The summed E-state index contributed by atoms with van der Waals surface area (Å²) in [7, 11) is 1.83. The first-order valence-corrected chi connectivity index (χ1v) is 4.38. The summed E-state index contributed by atoms with van der Waals surface area (Å²) in [5, 5.41) is 10.8. The fraction of sp³-hybridized carbons (Fsp3) is 0.100. The van der Waals surface area contributed by atoms with Crippen molar-refractivity contribution in [2.45, 2.75) is 0 Å². The maximum Gasteiger partial charge on any atom is 0.121 e. The first kappa shape index (κ1) is 7.44. The molecular weight excluding hydrogens is 176 g/mol. The molecule has 4 heteroatoms. The number of fused-ring (bicyclic) bond motifs is 3. The van der Waals surface area contributed by atoms with Gasteiger partial charge in [-0.15, -0.1) is 0 Å². The molecule has 0 fully saturated rings. The van der Waals surface area contributed by atoms with Crippen molar-refractivity contribution in [3.63, 3.8) is 0 Å². The third-order valence-electron chi connectivity index (χ3n) is 2.27. The van der Waals surface area contributed by atoms with E-state index in [1.807, 2.05) is 31.4 Å². The minimum absolute atomic E-state index is 0.922. The lowest BCUT2D eigenvalue weighted by Gasteiger charge is -1.94. The summed E-state index contributed by atoms with van der Waals surface area (Å²) in [6, 6.07) is 5.94. The van der Waals surface area contributed by atoms with Crippen LogP contribution in [0.1, 0.15) is 0 Å². The van der Waals surface area contributed by atoms with Crippen molar-refractivity contribution in [2.75, 3.05) is 0 Å². The summed E-state index contributed by atoms with van der Waals surface area (Å²) >= 11 is 0. The Labute approximate surface area is 80.2 Å². The zero-order valence-corrected chi connectivity index (χ0v) is 7.68. The van der Waals surface area contributed by atoms with Crippen LogP contribution in [0, 0.1) is 0 Å². The van der Waals surface area contributed by atoms with Crippen LogP contribution >= 0.6 is 0 Å². The number of aromatic nitrogens is 4. The first-order chi connectivity index (χ1) is 6.84. The summed E-state index contributed by atoms with van der Waals surface area (Å²) < 4.78 is 0. The van der Waals surface area contributed by atoms with Crippen molar-refractivity contribution in [1.82, 2.24) is 20.0 Å². The maximum absolute atomic E-state index is 4.32. The molecule has 0 unspecified atom stereocenters. The fourth-order valence-corrected chi connectivity index (χ4v) is 1.65. The molecule has 2 heterocycles. The molecule has 2 aromatic heterocycles. The summed E-state index contributed by atoms with van der Waals surface area (Å²) in [4.78, 5) is 5.66. The predicted octanol–water partition coefficient (Wildman–Crippen LogP) is 1.52. The molecule has 0 amide bonds. The highest BCUT2D eigenvalue weighted by Gasteiger charge is 2.04. The highest BCUT2D eigenvalue weighted by atomic mass is 15.4. The Morgan fingerprint density at radius 1 is 1.14 bits per heavy atom. The van der Waals surface area contributed by atoms with E-state index in [-0.39, 0.29) is 0 Å². The van der Waals surface area contributed by atoms with Gasteiger partial charge in [-0.2, -0.15) is 15.0 Å². The summed E-state index contributed by atoms with van der Waals surface area (Å²) in [5.41, 5.74) is 1.86. The third-order valence-corrected chi connectivity index (χ3v) is 2.27. The van der Waals surface area contributed by atoms with E-state index < -0.39 is 0 Å². The molecule has 0 bridgehead atoms. The van der Waals surface area contributed by atoms with Gasteiger partial charge >= 0.3 is 0 Å². The van der Waals surface area contributed by atoms with E-state index in [0.717, 1.165) is 21.8 Å². The molecule has 68 valence electrons. The largest absolute Gasteiger partial charge is 0.264 e. The van der Waals surface area contributed by atoms with Crippen molar-refractivity contribution in [3.8, 4) is 0 Å². The van der Waals surface area contributed by atoms with Gasteiger partial charge in [0.25, 0.3) is 0 Å². The molecule has 3 aromatic rings. The van der Waals surface area contributed by atoms with E-state index in [1.165, 1.54) is 0 Å². The van der Waals surface area contributed by atoms with Crippen LogP contribution < -0.4 is 0 Å². The molecule has 0 atom stereocenters. The summed E-state index contributed by atoms with van der Waals surface area (Å²) in [6.45, 7) is 0. The molecule has 0 N–H and O–H groups in total. The molecule has 4 nitrogen and oxygen atoms in total. The minimum atomic E-state index is 0.922. The van der Waals surface area contributed by atoms with Crippen LogP contribution in [0.15, 0.2) is 30.6 Å². The average molecular weight is 184 g/mol. The number of benzene rings is 1. The van der Waals surface area contributed by atoms with Gasteiger partial charge in [0.15, 0.2) is 0 Å². The second-order valence-corrected chi connectivity index (χ2v) is 3.22. The van der Waals surface area contributed by atoms with Gasteiger partial charge in [0.2, 0.25) is 0 Å². The van der Waals surface area contributed by atoms with Gasteiger partial charge in [-0.25, -0.2) is 0 Å². The zero-order valence-electron chi connectivity index (χ0n) is 7.68. The first-order valence-electron chi connectivity index (χ1n) is 4.38. The molecule has 0 aliphatic carbocycles. The Balaban J connectivity index is 2.60. The van der Waals surface area contributed by atoms with Crippen molar-refractivity contribution in [1.29, 1.82) is 0 Å². The molecule has 3 rings (SSSR count). The third kappa shape index (κ3) is 0.907. The summed E-state index contributed by atoms with van der Waals surface area (Å²) in [6.07, 6.45) is 3.61. The fourth-order valence-electron chi connectivity index (χ4n) is 1.65. The van der Waals surface area contributed by atoms with Crippen LogP contribution in [-0.2, 0) is 7.05 Å². The molecule has 0 aliphatic rings. The molecule has 1 aromatic carbocycles. The van der Waals surface area contributed by atoms with Crippen LogP contribution in [-0.4, -0.2) is 20.0 Å². The van der Waals surface area contributed by atoms with Crippen LogP contribution in [0.5, 0.6) is 0 Å². The lowest BCUT2D eigenvalue weighted by Crippen LogP contribution is -1.90. The number of hydrogen-bond donors (Lipinski definition) is 0. The van der Waals surface area contributed by atoms with E-state index >= 15 is 0 Å². The van der Waals surface area contributed by atoms with Crippen molar-refractivity contribution >= 4 is 21.8 Å². The number of hydrogen-bond acceptors (Lipinski definition) is 3. The van der Waals surface area contributed by atoms with Crippen molar-refractivity contribution < 1.29 is 0 Å². The van der Waals surface area contributed by atoms with Crippen LogP contribution in [0.4, 0.5) is 0 Å². The number of aryl methyl sites for hydroxylation is 1. The van der Waals surface area contributed by atoms with E-state index in [2.05, 4.69) is 15.2 Å². The molecule has 0 saturated carbocycles. The Bertz CT molecular complexity index is 612. The number of pyridine rings is 1. The van der Waals surface area contributed by atoms with E-state index in [1.54, 1.807) is 11.0 Å². The Morgan fingerprint density at radius 3 is 3.00 bits per heavy atom. The lowest BCUT2D eigenvalue weighted by molar-refractivity contribution is 0.665. The standard InChI is InChI=1S/C10H8N4/c1-14-12-9-3-2-7-6-11-5-4-8(7)10(9)13-14/h2-6H,1H3. The predicted molar refractivity (Wildman–Crippen MR) is 53.8 cm³/mol. The normalized spacial score (nSPS) is 11.2. The average Bonchev–Trinajstić information content (AvgIpc) is 2.59. The van der Waals surface area contributed by atoms with Gasteiger partial charge < -0.3 is 0 Å². The Hall–Kier alpha value is -1.97. The van der Waals surface area contributed by atoms with Gasteiger partial charge in [0.05, 0.1) is 0 Å². The van der Waals surface area contributed by atoms with Gasteiger partial charge in [-0.05, 0) is 12.1 Å². The van der Waals surface area contributed by atoms with Gasteiger partial charge in [0, 0.05) is 30.2 Å². The van der Waals surface area contributed by atoms with Crippen LogP contribution in [0.2, 0.25) is 0 Å². The number of rotatable bonds is 0. The quantitative estimate of drug-likeness (QED) is 0.532.